The van der Waals surface area contributed by atoms with E-state index >= 15 is 0 Å². The standard InChI is InChI=1S/C16H21ClN2/c1-2-3-4-7-10-18-12-14-11-13-8-5-6-9-15(13)19-16(14)17/h5-6,8-9,11,18H,2-4,7,10,12H2,1H3. The number of rotatable bonds is 7. The summed E-state index contributed by atoms with van der Waals surface area (Å²) in [5.74, 6) is 0. The molecule has 2 rings (SSSR count). The number of hydrogen-bond donors (Lipinski definition) is 1. The summed E-state index contributed by atoms with van der Waals surface area (Å²) in [6, 6.07) is 10.2. The molecule has 19 heavy (non-hydrogen) atoms. The highest BCUT2D eigenvalue weighted by atomic mass is 35.5. The van der Waals surface area contributed by atoms with Crippen LogP contribution < -0.4 is 5.32 Å². The first-order valence-electron chi connectivity index (χ1n) is 7.06. The van der Waals surface area contributed by atoms with Gasteiger partial charge in [0.2, 0.25) is 0 Å². The molecule has 0 aliphatic rings. The number of halogens is 1. The van der Waals surface area contributed by atoms with Crippen molar-refractivity contribution >= 4 is 22.5 Å². The number of nitrogens with zero attached hydrogens (tertiary/aromatic N) is 1. The van der Waals surface area contributed by atoms with E-state index in [1.165, 1.54) is 25.7 Å². The third-order valence-electron chi connectivity index (χ3n) is 3.27. The number of pyridine rings is 1. The summed E-state index contributed by atoms with van der Waals surface area (Å²) in [7, 11) is 0. The number of fused-ring (bicyclic) bond motifs is 1. The lowest BCUT2D eigenvalue weighted by Gasteiger charge is -2.07. The average Bonchev–Trinajstić information content (AvgIpc) is 2.43. The molecule has 0 saturated heterocycles. The number of hydrogen-bond acceptors (Lipinski definition) is 2. The molecular weight excluding hydrogens is 256 g/mol. The van der Waals surface area contributed by atoms with E-state index in [2.05, 4.69) is 29.4 Å². The van der Waals surface area contributed by atoms with Crippen molar-refractivity contribution in [3.05, 3.63) is 41.0 Å². The number of para-hydroxylation sites is 1. The Balaban J connectivity index is 1.91. The van der Waals surface area contributed by atoms with Crippen LogP contribution in [0.25, 0.3) is 10.9 Å². The first kappa shape index (κ1) is 14.3. The number of aromatic nitrogens is 1. The molecule has 0 saturated carbocycles. The molecule has 1 heterocycles. The van der Waals surface area contributed by atoms with Gasteiger partial charge in [-0.05, 0) is 25.1 Å². The lowest BCUT2D eigenvalue weighted by Crippen LogP contribution is -2.15. The molecular formula is C16H21ClN2. The van der Waals surface area contributed by atoms with Crippen LogP contribution in [0.1, 0.15) is 38.2 Å². The molecule has 1 N–H and O–H groups in total. The van der Waals surface area contributed by atoms with E-state index in [9.17, 15) is 0 Å². The van der Waals surface area contributed by atoms with E-state index in [0.29, 0.717) is 5.15 Å². The highest BCUT2D eigenvalue weighted by molar-refractivity contribution is 6.30. The van der Waals surface area contributed by atoms with Crippen LogP contribution in [0.15, 0.2) is 30.3 Å². The van der Waals surface area contributed by atoms with Crippen LogP contribution in [0, 0.1) is 0 Å². The van der Waals surface area contributed by atoms with Gasteiger partial charge in [0.15, 0.2) is 0 Å². The number of unbranched alkanes of at least 4 members (excludes halogenated alkanes) is 3. The van der Waals surface area contributed by atoms with Gasteiger partial charge in [-0.3, -0.25) is 0 Å². The maximum Gasteiger partial charge on any atom is 0.134 e. The van der Waals surface area contributed by atoms with Crippen molar-refractivity contribution in [2.24, 2.45) is 0 Å². The van der Waals surface area contributed by atoms with Crippen molar-refractivity contribution in [2.75, 3.05) is 6.54 Å². The summed E-state index contributed by atoms with van der Waals surface area (Å²) in [6.45, 7) is 4.07. The second kappa shape index (κ2) is 7.46. The van der Waals surface area contributed by atoms with Gasteiger partial charge in [-0.1, -0.05) is 56.0 Å². The normalized spacial score (nSPS) is 11.1. The second-order valence-corrected chi connectivity index (χ2v) is 5.23. The SMILES string of the molecule is CCCCCCNCc1cc2ccccc2nc1Cl. The van der Waals surface area contributed by atoms with E-state index in [1.807, 2.05) is 18.2 Å². The zero-order valence-corrected chi connectivity index (χ0v) is 12.2. The van der Waals surface area contributed by atoms with E-state index in [1.54, 1.807) is 0 Å². The fraction of sp³-hybridized carbons (Fsp3) is 0.438. The summed E-state index contributed by atoms with van der Waals surface area (Å²) in [4.78, 5) is 4.43. The Labute approximate surface area is 120 Å². The predicted molar refractivity (Wildman–Crippen MR) is 82.6 cm³/mol. The summed E-state index contributed by atoms with van der Waals surface area (Å²) in [5.41, 5.74) is 2.04. The van der Waals surface area contributed by atoms with Crippen LogP contribution in [0.5, 0.6) is 0 Å². The van der Waals surface area contributed by atoms with Gasteiger partial charge >= 0.3 is 0 Å². The van der Waals surface area contributed by atoms with Crippen molar-refractivity contribution in [1.82, 2.24) is 10.3 Å². The molecule has 0 bridgehead atoms. The molecule has 0 aliphatic heterocycles. The molecule has 2 nitrogen and oxygen atoms in total. The highest BCUT2D eigenvalue weighted by Gasteiger charge is 2.04. The molecule has 0 radical (unpaired) electrons. The molecule has 102 valence electrons. The maximum absolute atomic E-state index is 6.21. The maximum atomic E-state index is 6.21. The van der Waals surface area contributed by atoms with Gasteiger partial charge in [0.25, 0.3) is 0 Å². The third kappa shape index (κ3) is 4.19. The molecule has 0 unspecified atom stereocenters. The molecule has 0 atom stereocenters. The zero-order valence-electron chi connectivity index (χ0n) is 11.5. The van der Waals surface area contributed by atoms with Gasteiger partial charge in [-0.25, -0.2) is 4.98 Å². The van der Waals surface area contributed by atoms with Crippen molar-refractivity contribution in [3.63, 3.8) is 0 Å². The molecule has 0 aliphatic carbocycles. The minimum Gasteiger partial charge on any atom is -0.313 e. The van der Waals surface area contributed by atoms with Crippen molar-refractivity contribution in [3.8, 4) is 0 Å². The number of nitrogens with one attached hydrogen (secondary N) is 1. The number of benzene rings is 1. The van der Waals surface area contributed by atoms with Gasteiger partial charge in [-0.15, -0.1) is 0 Å². The van der Waals surface area contributed by atoms with E-state index in [-0.39, 0.29) is 0 Å². The summed E-state index contributed by atoms with van der Waals surface area (Å²) >= 11 is 6.21. The van der Waals surface area contributed by atoms with Crippen molar-refractivity contribution in [1.29, 1.82) is 0 Å². The van der Waals surface area contributed by atoms with Gasteiger partial charge in [0, 0.05) is 17.5 Å². The lowest BCUT2D eigenvalue weighted by atomic mass is 10.1. The zero-order chi connectivity index (χ0) is 13.5. The largest absolute Gasteiger partial charge is 0.313 e. The predicted octanol–water partition coefficient (Wildman–Crippen LogP) is 4.56. The molecule has 0 fully saturated rings. The van der Waals surface area contributed by atoms with Crippen molar-refractivity contribution in [2.45, 2.75) is 39.2 Å². The summed E-state index contributed by atoms with van der Waals surface area (Å²) in [6.07, 6.45) is 5.13. The van der Waals surface area contributed by atoms with Crippen LogP contribution >= 0.6 is 11.6 Å². The molecule has 3 heteroatoms. The first-order chi connectivity index (χ1) is 9.31. The topological polar surface area (TPSA) is 24.9 Å². The Morgan fingerprint density at radius 2 is 2.00 bits per heavy atom. The van der Waals surface area contributed by atoms with Gasteiger partial charge < -0.3 is 5.32 Å². The Hall–Kier alpha value is -1.12. The fourth-order valence-corrected chi connectivity index (χ4v) is 2.37. The van der Waals surface area contributed by atoms with Crippen LogP contribution in [0.3, 0.4) is 0 Å². The first-order valence-corrected chi connectivity index (χ1v) is 7.44. The molecule has 0 spiro atoms. The summed E-state index contributed by atoms with van der Waals surface area (Å²) in [5, 5.41) is 5.20. The third-order valence-corrected chi connectivity index (χ3v) is 3.60. The monoisotopic (exact) mass is 276 g/mol. The lowest BCUT2D eigenvalue weighted by molar-refractivity contribution is 0.598. The fourth-order valence-electron chi connectivity index (χ4n) is 2.16. The van der Waals surface area contributed by atoms with Crippen LogP contribution in [0.2, 0.25) is 5.15 Å². The Kier molecular flexibility index (Phi) is 5.62. The van der Waals surface area contributed by atoms with Gasteiger partial charge in [0.1, 0.15) is 5.15 Å². The minimum absolute atomic E-state index is 0.611. The van der Waals surface area contributed by atoms with Crippen LogP contribution in [-0.4, -0.2) is 11.5 Å². The Bertz CT molecular complexity index is 525. The van der Waals surface area contributed by atoms with Crippen molar-refractivity contribution < 1.29 is 0 Å². The quantitative estimate of drug-likeness (QED) is 0.592. The summed E-state index contributed by atoms with van der Waals surface area (Å²) < 4.78 is 0. The van der Waals surface area contributed by atoms with E-state index in [0.717, 1.165) is 29.6 Å². The van der Waals surface area contributed by atoms with Crippen LogP contribution in [-0.2, 0) is 6.54 Å². The Morgan fingerprint density at radius 3 is 2.84 bits per heavy atom. The molecule has 0 amide bonds. The Morgan fingerprint density at radius 1 is 1.16 bits per heavy atom. The van der Waals surface area contributed by atoms with Crippen LogP contribution in [0.4, 0.5) is 0 Å². The van der Waals surface area contributed by atoms with E-state index < -0.39 is 0 Å². The molecule has 1 aromatic heterocycles. The van der Waals surface area contributed by atoms with Gasteiger partial charge in [-0.2, -0.15) is 0 Å². The second-order valence-electron chi connectivity index (χ2n) is 4.87. The minimum atomic E-state index is 0.611. The van der Waals surface area contributed by atoms with Gasteiger partial charge in [0.05, 0.1) is 5.52 Å². The smallest absolute Gasteiger partial charge is 0.134 e. The molecule has 2 aromatic rings. The average molecular weight is 277 g/mol. The highest BCUT2D eigenvalue weighted by Crippen LogP contribution is 2.20. The molecule has 1 aromatic carbocycles. The van der Waals surface area contributed by atoms with E-state index in [4.69, 9.17) is 11.6 Å².